The molecule has 0 unspecified atom stereocenters. The number of anilines is 2. The number of hydrogen-bond donors (Lipinski definition) is 1. The Kier molecular flexibility index (Phi) is 9.74. The zero-order chi connectivity index (χ0) is 32.4. The molecule has 0 aromatic carbocycles. The van der Waals surface area contributed by atoms with E-state index in [9.17, 15) is 22.8 Å². The van der Waals surface area contributed by atoms with Crippen LogP contribution in [0.5, 0.6) is 5.75 Å². The van der Waals surface area contributed by atoms with Crippen LogP contribution in [-0.2, 0) is 27.0 Å². The SMILES string of the molecule is CC(C)(C)OC(=O)Nc1cc(C2CN(C(=O)OC(C)(C)C)C2)nc(C(F)(F)F)c1OCc1c(N2CCOCC2)ccnc1Cl. The molecule has 2 aliphatic heterocycles. The Balaban J connectivity index is 1.68. The standard InChI is InChI=1S/C29H37ClF3N5O6/c1-27(2,3)43-25(39)36-20-13-19(17-14-38(15-17)26(40)44-28(4,5)6)35-23(29(31,32)33)22(20)42-16-18-21(7-8-34-24(18)30)37-9-11-41-12-10-37/h7-8,13,17H,9-12,14-16H2,1-6H3,(H,35,36,39). The van der Waals surface area contributed by atoms with Gasteiger partial charge in [-0.1, -0.05) is 11.6 Å². The minimum absolute atomic E-state index is 0.0176. The topological polar surface area (TPSA) is 115 Å². The first-order chi connectivity index (χ1) is 20.4. The van der Waals surface area contributed by atoms with E-state index in [-0.39, 0.29) is 29.6 Å². The molecule has 0 bridgehead atoms. The number of carbonyl (C=O) groups excluding carboxylic acids is 2. The highest BCUT2D eigenvalue weighted by Crippen LogP contribution is 2.43. The summed E-state index contributed by atoms with van der Waals surface area (Å²) < 4.78 is 65.5. The molecule has 2 fully saturated rings. The van der Waals surface area contributed by atoms with Gasteiger partial charge in [0.2, 0.25) is 0 Å². The third-order valence-corrected chi connectivity index (χ3v) is 6.87. The number of carbonyl (C=O) groups is 2. The fourth-order valence-electron chi connectivity index (χ4n) is 4.58. The van der Waals surface area contributed by atoms with E-state index in [1.165, 1.54) is 17.2 Å². The van der Waals surface area contributed by atoms with Gasteiger partial charge in [0.1, 0.15) is 23.0 Å². The van der Waals surface area contributed by atoms with Crippen molar-refractivity contribution in [3.8, 4) is 5.75 Å². The second-order valence-electron chi connectivity index (χ2n) is 12.5. The molecule has 0 radical (unpaired) electrons. The summed E-state index contributed by atoms with van der Waals surface area (Å²) >= 11 is 6.39. The first kappa shape index (κ1) is 33.4. The molecular formula is C29H37ClF3N5O6. The number of hydrogen-bond acceptors (Lipinski definition) is 9. The van der Waals surface area contributed by atoms with E-state index in [0.29, 0.717) is 37.6 Å². The summed E-state index contributed by atoms with van der Waals surface area (Å²) in [6.07, 6.45) is -5.02. The van der Waals surface area contributed by atoms with E-state index >= 15 is 0 Å². The molecule has 11 nitrogen and oxygen atoms in total. The third kappa shape index (κ3) is 8.56. The number of halogens is 4. The van der Waals surface area contributed by atoms with Crippen molar-refractivity contribution in [2.24, 2.45) is 0 Å². The van der Waals surface area contributed by atoms with E-state index in [4.69, 9.17) is 30.5 Å². The number of alkyl halides is 3. The van der Waals surface area contributed by atoms with Gasteiger partial charge in [0.15, 0.2) is 11.4 Å². The first-order valence-corrected chi connectivity index (χ1v) is 14.5. The van der Waals surface area contributed by atoms with Crippen molar-refractivity contribution in [1.29, 1.82) is 0 Å². The predicted octanol–water partition coefficient (Wildman–Crippen LogP) is 6.25. The van der Waals surface area contributed by atoms with Gasteiger partial charge in [0.05, 0.1) is 30.2 Å². The molecule has 15 heteroatoms. The van der Waals surface area contributed by atoms with Gasteiger partial charge < -0.3 is 28.7 Å². The highest BCUT2D eigenvalue weighted by molar-refractivity contribution is 6.30. The molecule has 4 rings (SSSR count). The first-order valence-electron chi connectivity index (χ1n) is 14.1. The number of ether oxygens (including phenoxy) is 4. The van der Waals surface area contributed by atoms with Crippen molar-refractivity contribution in [2.75, 3.05) is 49.6 Å². The second kappa shape index (κ2) is 12.8. The number of rotatable bonds is 6. The molecule has 2 amide bonds. The molecule has 0 spiro atoms. The number of nitrogens with one attached hydrogen (secondary N) is 1. The van der Waals surface area contributed by atoms with Crippen LogP contribution in [0.25, 0.3) is 0 Å². The Bertz CT molecular complexity index is 1370. The Hall–Kier alpha value is -3.52. The predicted molar refractivity (Wildman–Crippen MR) is 156 cm³/mol. The van der Waals surface area contributed by atoms with Crippen LogP contribution in [0.3, 0.4) is 0 Å². The summed E-state index contributed by atoms with van der Waals surface area (Å²) in [4.78, 5) is 36.5. The summed E-state index contributed by atoms with van der Waals surface area (Å²) in [5.41, 5.74) is -2.26. The average molecular weight is 644 g/mol. The van der Waals surface area contributed by atoms with Crippen molar-refractivity contribution in [3.05, 3.63) is 40.4 Å². The van der Waals surface area contributed by atoms with Crippen LogP contribution in [-0.4, -0.2) is 77.6 Å². The number of amides is 2. The number of nitrogens with zero attached hydrogens (tertiary/aromatic N) is 4. The van der Waals surface area contributed by atoms with Crippen LogP contribution >= 0.6 is 11.6 Å². The molecule has 0 aliphatic carbocycles. The van der Waals surface area contributed by atoms with Crippen molar-refractivity contribution in [1.82, 2.24) is 14.9 Å². The van der Waals surface area contributed by atoms with Gasteiger partial charge in [-0.15, -0.1) is 0 Å². The van der Waals surface area contributed by atoms with Gasteiger partial charge in [0, 0.05) is 44.0 Å². The molecule has 1 N–H and O–H groups in total. The summed E-state index contributed by atoms with van der Waals surface area (Å²) in [6, 6.07) is 3.01. The van der Waals surface area contributed by atoms with Crippen LogP contribution < -0.4 is 15.0 Å². The number of morpholine rings is 1. The molecule has 242 valence electrons. The van der Waals surface area contributed by atoms with Crippen LogP contribution in [0.2, 0.25) is 5.15 Å². The quantitative estimate of drug-likeness (QED) is 0.365. The molecule has 4 heterocycles. The zero-order valence-corrected chi connectivity index (χ0v) is 26.3. The number of pyridine rings is 2. The maximum Gasteiger partial charge on any atom is 0.437 e. The van der Waals surface area contributed by atoms with Crippen LogP contribution in [0.15, 0.2) is 18.3 Å². The summed E-state index contributed by atoms with van der Waals surface area (Å²) in [5.74, 6) is -1.25. The molecule has 2 aliphatic rings. The molecule has 44 heavy (non-hydrogen) atoms. The molecule has 2 aromatic rings. The Labute approximate surface area is 258 Å². The molecule has 2 aromatic heterocycles. The molecule has 0 atom stereocenters. The van der Waals surface area contributed by atoms with E-state index in [1.807, 2.05) is 4.90 Å². The fraction of sp³-hybridized carbons (Fsp3) is 0.586. The van der Waals surface area contributed by atoms with Crippen molar-refractivity contribution in [2.45, 2.75) is 71.4 Å². The third-order valence-electron chi connectivity index (χ3n) is 6.54. The van der Waals surface area contributed by atoms with E-state index in [0.717, 1.165) is 0 Å². The lowest BCUT2D eigenvalue weighted by Gasteiger charge is -2.39. The zero-order valence-electron chi connectivity index (χ0n) is 25.5. The van der Waals surface area contributed by atoms with Gasteiger partial charge in [-0.2, -0.15) is 13.2 Å². The molecule has 2 saturated heterocycles. The summed E-state index contributed by atoms with van der Waals surface area (Å²) in [7, 11) is 0. The monoisotopic (exact) mass is 643 g/mol. The minimum atomic E-state index is -4.96. The normalized spacial score (nSPS) is 16.3. The van der Waals surface area contributed by atoms with Crippen molar-refractivity contribution >= 4 is 35.2 Å². The van der Waals surface area contributed by atoms with Crippen LogP contribution in [0.4, 0.5) is 34.1 Å². The van der Waals surface area contributed by atoms with Crippen LogP contribution in [0, 0.1) is 0 Å². The second-order valence-corrected chi connectivity index (χ2v) is 12.8. The number of aromatic nitrogens is 2. The Morgan fingerprint density at radius 2 is 1.70 bits per heavy atom. The highest BCUT2D eigenvalue weighted by Gasteiger charge is 2.42. The van der Waals surface area contributed by atoms with Gasteiger partial charge in [0.25, 0.3) is 0 Å². The number of likely N-dealkylation sites (tertiary alicyclic amines) is 1. The van der Waals surface area contributed by atoms with E-state index < -0.39 is 53.5 Å². The smallest absolute Gasteiger partial charge is 0.437 e. The van der Waals surface area contributed by atoms with Crippen LogP contribution in [0.1, 0.15) is 64.4 Å². The minimum Gasteiger partial charge on any atom is -0.484 e. The van der Waals surface area contributed by atoms with Gasteiger partial charge >= 0.3 is 18.4 Å². The fourth-order valence-corrected chi connectivity index (χ4v) is 4.79. The Morgan fingerprint density at radius 3 is 2.30 bits per heavy atom. The average Bonchev–Trinajstić information content (AvgIpc) is 2.85. The maximum atomic E-state index is 14.5. The van der Waals surface area contributed by atoms with Gasteiger partial charge in [-0.05, 0) is 53.7 Å². The maximum absolute atomic E-state index is 14.5. The highest BCUT2D eigenvalue weighted by atomic mass is 35.5. The van der Waals surface area contributed by atoms with E-state index in [1.54, 1.807) is 47.6 Å². The van der Waals surface area contributed by atoms with Gasteiger partial charge in [-0.25, -0.2) is 19.6 Å². The Morgan fingerprint density at radius 1 is 1.07 bits per heavy atom. The lowest BCUT2D eigenvalue weighted by atomic mass is 9.95. The van der Waals surface area contributed by atoms with Crippen molar-refractivity contribution in [3.63, 3.8) is 0 Å². The lowest BCUT2D eigenvalue weighted by Crippen LogP contribution is -2.50. The van der Waals surface area contributed by atoms with Crippen molar-refractivity contribution < 1.29 is 41.7 Å². The summed E-state index contributed by atoms with van der Waals surface area (Å²) in [6.45, 7) is 11.8. The molecule has 0 saturated carbocycles. The van der Waals surface area contributed by atoms with Gasteiger partial charge in [-0.3, -0.25) is 5.32 Å². The largest absolute Gasteiger partial charge is 0.484 e. The summed E-state index contributed by atoms with van der Waals surface area (Å²) in [5, 5.41) is 2.47. The lowest BCUT2D eigenvalue weighted by molar-refractivity contribution is -0.142. The van der Waals surface area contributed by atoms with E-state index in [2.05, 4.69) is 15.3 Å². The molecular weight excluding hydrogens is 607 g/mol.